The second kappa shape index (κ2) is 7.84. The van der Waals surface area contributed by atoms with Gasteiger partial charge in [0.25, 0.3) is 5.56 Å². The maximum Gasteiger partial charge on any atom is 0.260 e. The third kappa shape index (κ3) is 3.53. The molecule has 4 heterocycles. The van der Waals surface area contributed by atoms with E-state index in [1.807, 2.05) is 48.9 Å². The van der Waals surface area contributed by atoms with Crippen LogP contribution >= 0.6 is 0 Å². The molecule has 1 saturated heterocycles. The highest BCUT2D eigenvalue weighted by Gasteiger charge is 2.54. The summed E-state index contributed by atoms with van der Waals surface area (Å²) >= 11 is 0. The Morgan fingerprint density at radius 2 is 1.76 bits per heavy atom. The van der Waals surface area contributed by atoms with Crippen molar-refractivity contribution >= 4 is 11.0 Å². The fraction of sp³-hybridized carbons (Fsp3) is 0.357. The summed E-state index contributed by atoms with van der Waals surface area (Å²) in [5.41, 5.74) is 6.49. The van der Waals surface area contributed by atoms with Crippen molar-refractivity contribution in [2.24, 2.45) is 17.8 Å². The van der Waals surface area contributed by atoms with E-state index < -0.39 is 0 Å². The van der Waals surface area contributed by atoms with E-state index in [2.05, 4.69) is 52.0 Å². The summed E-state index contributed by atoms with van der Waals surface area (Å²) in [6, 6.07) is 14.2. The van der Waals surface area contributed by atoms with Crippen molar-refractivity contribution in [1.82, 2.24) is 24.4 Å². The molecule has 0 spiro atoms. The second-order valence-corrected chi connectivity index (χ2v) is 10.1. The van der Waals surface area contributed by atoms with Crippen molar-refractivity contribution in [2.75, 3.05) is 20.1 Å². The van der Waals surface area contributed by atoms with E-state index in [9.17, 15) is 4.79 Å². The predicted molar refractivity (Wildman–Crippen MR) is 135 cm³/mol. The lowest BCUT2D eigenvalue weighted by Crippen LogP contribution is -2.27. The number of aryl methyl sites for hydroxylation is 3. The van der Waals surface area contributed by atoms with Gasteiger partial charge in [0.05, 0.1) is 5.69 Å². The molecular weight excluding hydrogens is 422 g/mol. The van der Waals surface area contributed by atoms with Crippen LogP contribution in [0.25, 0.3) is 33.4 Å². The van der Waals surface area contributed by atoms with E-state index in [1.54, 1.807) is 0 Å². The normalized spacial score (nSPS) is 21.7. The first-order valence-corrected chi connectivity index (χ1v) is 12.0. The third-order valence-corrected chi connectivity index (χ3v) is 7.60. The van der Waals surface area contributed by atoms with Gasteiger partial charge < -0.3 is 4.90 Å². The number of likely N-dealkylation sites (tertiary alicyclic amines) is 1. The molecule has 1 aromatic carbocycles. The minimum atomic E-state index is 0.0356. The Kier molecular flexibility index (Phi) is 4.88. The highest BCUT2D eigenvalue weighted by Crippen LogP contribution is 2.52. The van der Waals surface area contributed by atoms with E-state index in [1.165, 1.54) is 0 Å². The van der Waals surface area contributed by atoms with E-state index >= 15 is 0 Å². The molecule has 6 rings (SSSR count). The Labute approximate surface area is 199 Å². The SMILES string of the molecule is Cc1cccc(-c2ccc(-c3cc4cnc(C)nc4n(CC4C5CN(C)CC54)c3=O)c(C)c2)n1. The molecule has 0 amide bonds. The molecular formula is C28H29N5O. The number of nitrogens with zero attached hydrogens (tertiary/aromatic N) is 5. The number of aromatic nitrogens is 4. The number of benzene rings is 1. The van der Waals surface area contributed by atoms with Crippen molar-refractivity contribution in [1.29, 1.82) is 0 Å². The molecule has 2 aliphatic rings. The zero-order chi connectivity index (χ0) is 23.6. The van der Waals surface area contributed by atoms with Crippen LogP contribution in [0.3, 0.4) is 0 Å². The van der Waals surface area contributed by atoms with Crippen LogP contribution in [0.2, 0.25) is 0 Å². The van der Waals surface area contributed by atoms with Crippen molar-refractivity contribution in [3.63, 3.8) is 0 Å². The number of hydrogen-bond donors (Lipinski definition) is 0. The van der Waals surface area contributed by atoms with Gasteiger partial charge in [-0.3, -0.25) is 14.3 Å². The summed E-state index contributed by atoms with van der Waals surface area (Å²) in [4.78, 5) is 30.0. The highest BCUT2D eigenvalue weighted by molar-refractivity contribution is 5.82. The fourth-order valence-corrected chi connectivity index (χ4v) is 5.78. The molecule has 0 bridgehead atoms. The Hall–Kier alpha value is -3.38. The van der Waals surface area contributed by atoms with Crippen LogP contribution in [-0.2, 0) is 6.54 Å². The molecule has 3 aromatic heterocycles. The molecule has 2 atom stereocenters. The molecule has 6 nitrogen and oxygen atoms in total. The van der Waals surface area contributed by atoms with E-state index in [0.717, 1.165) is 58.7 Å². The van der Waals surface area contributed by atoms with Crippen LogP contribution in [0, 0.1) is 38.5 Å². The molecule has 1 aliphatic heterocycles. The van der Waals surface area contributed by atoms with Gasteiger partial charge in [0, 0.05) is 48.0 Å². The Balaban J connectivity index is 1.44. The summed E-state index contributed by atoms with van der Waals surface area (Å²) in [6.45, 7) is 8.93. The summed E-state index contributed by atoms with van der Waals surface area (Å²) in [5.74, 6) is 2.64. The van der Waals surface area contributed by atoms with Gasteiger partial charge in [-0.2, -0.15) is 0 Å². The lowest BCUT2D eigenvalue weighted by atomic mass is 9.97. The molecule has 2 fully saturated rings. The minimum Gasteiger partial charge on any atom is -0.306 e. The smallest absolute Gasteiger partial charge is 0.260 e. The minimum absolute atomic E-state index is 0.0356. The number of hydrogen-bond acceptors (Lipinski definition) is 5. The van der Waals surface area contributed by atoms with Gasteiger partial charge in [-0.15, -0.1) is 0 Å². The highest BCUT2D eigenvalue weighted by atomic mass is 16.1. The molecule has 2 unspecified atom stereocenters. The van der Waals surface area contributed by atoms with E-state index in [4.69, 9.17) is 0 Å². The zero-order valence-electron chi connectivity index (χ0n) is 20.1. The number of fused-ring (bicyclic) bond motifs is 2. The fourth-order valence-electron chi connectivity index (χ4n) is 5.78. The maximum atomic E-state index is 13.9. The van der Waals surface area contributed by atoms with Crippen LogP contribution in [0.1, 0.15) is 17.1 Å². The van der Waals surface area contributed by atoms with Gasteiger partial charge in [-0.1, -0.05) is 18.2 Å². The summed E-state index contributed by atoms with van der Waals surface area (Å²) in [5, 5.41) is 0.909. The van der Waals surface area contributed by atoms with Gasteiger partial charge in [0.15, 0.2) is 0 Å². The first kappa shape index (κ1) is 21.2. The van der Waals surface area contributed by atoms with Crippen molar-refractivity contribution < 1.29 is 0 Å². The van der Waals surface area contributed by atoms with E-state index in [-0.39, 0.29) is 5.56 Å². The lowest BCUT2D eigenvalue weighted by Gasteiger charge is -2.17. The third-order valence-electron chi connectivity index (χ3n) is 7.60. The quantitative estimate of drug-likeness (QED) is 0.464. The average molecular weight is 452 g/mol. The van der Waals surface area contributed by atoms with Crippen molar-refractivity contribution in [3.8, 4) is 22.4 Å². The number of piperidine rings is 1. The van der Waals surface area contributed by atoms with Crippen LogP contribution < -0.4 is 5.56 Å². The average Bonchev–Trinajstić information content (AvgIpc) is 3.26. The van der Waals surface area contributed by atoms with Crippen molar-refractivity contribution in [3.05, 3.63) is 76.1 Å². The summed E-state index contributed by atoms with van der Waals surface area (Å²) < 4.78 is 1.91. The van der Waals surface area contributed by atoms with Crippen molar-refractivity contribution in [2.45, 2.75) is 27.3 Å². The monoisotopic (exact) mass is 451 g/mol. The molecule has 1 aliphatic carbocycles. The van der Waals surface area contributed by atoms with E-state index in [0.29, 0.717) is 29.1 Å². The van der Waals surface area contributed by atoms with Crippen LogP contribution in [0.4, 0.5) is 0 Å². The number of pyridine rings is 2. The standard InChI is InChI=1S/C28H29N5O/c1-16-10-19(26-7-5-6-17(2)30-26)8-9-21(16)22-11-20-12-29-18(3)31-27(20)33(28(22)34)15-25-23-13-32(4)14-24(23)25/h5-12,23-25H,13-15H2,1-4H3. The molecule has 4 aromatic rings. The molecule has 34 heavy (non-hydrogen) atoms. The van der Waals surface area contributed by atoms with Crippen LogP contribution in [0.5, 0.6) is 0 Å². The molecule has 0 radical (unpaired) electrons. The molecule has 1 saturated carbocycles. The Bertz CT molecular complexity index is 1480. The second-order valence-electron chi connectivity index (χ2n) is 10.1. The molecule has 0 N–H and O–H groups in total. The summed E-state index contributed by atoms with van der Waals surface area (Å²) in [7, 11) is 2.18. The van der Waals surface area contributed by atoms with Gasteiger partial charge in [0.2, 0.25) is 0 Å². The first-order chi connectivity index (χ1) is 16.4. The Morgan fingerprint density at radius 3 is 2.50 bits per heavy atom. The maximum absolute atomic E-state index is 13.9. The topological polar surface area (TPSA) is 63.9 Å². The van der Waals surface area contributed by atoms with Crippen LogP contribution in [-0.4, -0.2) is 44.6 Å². The van der Waals surface area contributed by atoms with Gasteiger partial charge in [-0.25, -0.2) is 9.97 Å². The van der Waals surface area contributed by atoms with Crippen LogP contribution in [0.15, 0.2) is 53.5 Å². The molecule has 172 valence electrons. The summed E-state index contributed by atoms with van der Waals surface area (Å²) in [6.07, 6.45) is 1.85. The zero-order valence-corrected chi connectivity index (χ0v) is 20.1. The van der Waals surface area contributed by atoms with Gasteiger partial charge in [0.1, 0.15) is 11.5 Å². The first-order valence-electron chi connectivity index (χ1n) is 12.0. The largest absolute Gasteiger partial charge is 0.306 e. The Morgan fingerprint density at radius 1 is 0.971 bits per heavy atom. The van der Waals surface area contributed by atoms with Gasteiger partial charge >= 0.3 is 0 Å². The predicted octanol–water partition coefficient (Wildman–Crippen LogP) is 4.25. The van der Waals surface area contributed by atoms with Gasteiger partial charge in [-0.05, 0) is 81.0 Å². The lowest BCUT2D eigenvalue weighted by molar-refractivity contribution is 0.332. The molecule has 6 heteroatoms. The number of rotatable bonds is 4.